The van der Waals surface area contributed by atoms with E-state index in [2.05, 4.69) is 45.9 Å². The Bertz CT molecular complexity index is 3990. The smallest absolute Gasteiger partial charge is 0.389 e. The summed E-state index contributed by atoms with van der Waals surface area (Å²) in [6.07, 6.45) is -1.25. The Morgan fingerprint density at radius 2 is 1.34 bits per heavy atom. The Morgan fingerprint density at radius 1 is 0.772 bits per heavy atom. The maximum atomic E-state index is 12.7. The number of sulfone groups is 1. The van der Waals surface area contributed by atoms with Crippen molar-refractivity contribution in [2.75, 3.05) is 62.1 Å². The minimum absolute atomic E-state index is 0.0612. The average molecular weight is 1410 g/mol. The number of carbonyl (C=O) groups is 6. The van der Waals surface area contributed by atoms with Crippen molar-refractivity contribution in [1.82, 2.24) is 44.7 Å². The third-order valence-corrected chi connectivity index (χ3v) is 17.4. The molecule has 7 rings (SSSR count). The Balaban J connectivity index is 0.000000274. The zero-order valence-corrected chi connectivity index (χ0v) is 53.8. The molecule has 0 fully saturated rings. The van der Waals surface area contributed by atoms with Gasteiger partial charge in [0, 0.05) is 28.8 Å². The van der Waals surface area contributed by atoms with Crippen LogP contribution in [0.25, 0.3) is 6.08 Å². The quantitative estimate of drug-likeness (QED) is 0.0197. The molecule has 3 aromatic heterocycles. The molecule has 0 unspecified atom stereocenters. The lowest BCUT2D eigenvalue weighted by Crippen LogP contribution is -2.36. The molecule has 0 bridgehead atoms. The van der Waals surface area contributed by atoms with Crippen molar-refractivity contribution in [1.29, 1.82) is 0 Å². The highest BCUT2D eigenvalue weighted by molar-refractivity contribution is 7.93. The molecule has 41 heteroatoms. The number of hydrogen-bond acceptors (Lipinski definition) is 24. The van der Waals surface area contributed by atoms with Crippen LogP contribution in [-0.2, 0) is 64.8 Å². The van der Waals surface area contributed by atoms with E-state index < -0.39 is 108 Å². The van der Waals surface area contributed by atoms with Gasteiger partial charge in [-0.3, -0.25) is 34.9 Å². The second-order valence-corrected chi connectivity index (χ2v) is 26.1. The first kappa shape index (κ1) is 76.0. The van der Waals surface area contributed by atoms with Gasteiger partial charge in [0.25, 0.3) is 31.9 Å². The predicted molar refractivity (Wildman–Crippen MR) is 320 cm³/mol. The Kier molecular flexibility index (Phi) is 27.8. The molecular weight excluding hydrogens is 1360 g/mol. The molecule has 0 atom stereocenters. The SMILES string of the molecule is CCOC(=O)/C(Cl)=C/c1cc(N2C(=O)C3=C(CCCC3)C2=O)ccc1Cl.CCS(=O)(=O)c1cccnc1S(=O)(=O)NC(=O)Nc1nc(OC)cc(OC)n1.COc1nc(C)nc(NC(=O)NS(=O)(=O)c2ccccc2CCC(F)(F)F)n1.O=C(O)CNCP(=O)(O)O. The number of sulfonamides is 2. The van der Waals surface area contributed by atoms with E-state index in [1.807, 2.05) is 0 Å². The van der Waals surface area contributed by atoms with Gasteiger partial charge in [0.05, 0.1) is 63.2 Å². The molecule has 4 heterocycles. The van der Waals surface area contributed by atoms with Crippen LogP contribution in [0.15, 0.2) is 97.9 Å². The molecule has 0 radical (unpaired) electrons. The van der Waals surface area contributed by atoms with Crippen LogP contribution in [0.2, 0.25) is 5.02 Å². The number of aryl methyl sites for hydroxylation is 2. The van der Waals surface area contributed by atoms with Gasteiger partial charge in [-0.05, 0) is 99.6 Å². The summed E-state index contributed by atoms with van der Waals surface area (Å²) in [6, 6.07) is 11.0. The molecule has 32 nitrogen and oxygen atoms in total. The van der Waals surface area contributed by atoms with Crippen molar-refractivity contribution in [3.8, 4) is 17.8 Å². The summed E-state index contributed by atoms with van der Waals surface area (Å²) >= 11 is 12.1. The van der Waals surface area contributed by atoms with Gasteiger partial charge in [0.2, 0.25) is 23.7 Å². The lowest BCUT2D eigenvalue weighted by atomic mass is 9.93. The van der Waals surface area contributed by atoms with E-state index in [0.717, 1.165) is 31.2 Å². The number of halogens is 5. The summed E-state index contributed by atoms with van der Waals surface area (Å²) in [4.78, 5) is 110. The van der Waals surface area contributed by atoms with Gasteiger partial charge in [0.1, 0.15) is 15.8 Å². The standard InChI is InChI=1S/C19H17Cl2NO4.C15H16F3N5O4S.C14H17N5O7S2.C3H8NO5P/c1-2-26-19(25)16(21)10-11-9-12(7-8-15(11)20)22-17(23)13-5-3-4-6-14(13)18(22)24;1-9-19-12(22-14(20-9)27-2)21-13(24)23-28(25,26)11-6-4-3-5-10(11)7-8-15(16,17)18;1-4-27(21,22)9-6-5-7-15-12(9)28(23,24)19-14(20)18-13-16-10(25-2)8-11(17-13)26-3;5-3(6)1-4-2-10(7,8)9/h7-10H,2-6H2,1H3;3-6H,7-8H2,1-2H3,(H2,19,20,21,22,23,24);5-8H,4H2,1-3H3,(H2,16,17,18,19,20);4H,1-2H2,(H,5,6)(H2,7,8,9)/b16-10-;;;. The number of carbonyl (C=O) groups excluding carboxylic acids is 5. The number of carboxylic acid groups (broad SMARTS) is 1. The molecular formula is C51H58Cl2F3N12O20PS3. The summed E-state index contributed by atoms with van der Waals surface area (Å²) in [5.41, 5.74) is 1.97. The molecule has 2 aliphatic rings. The molecule has 500 valence electrons. The number of nitrogens with zero attached hydrogens (tertiary/aromatic N) is 7. The number of hydrogen-bond donors (Lipinski definition) is 8. The molecule has 1 aliphatic heterocycles. The predicted octanol–water partition coefficient (Wildman–Crippen LogP) is 5.41. The van der Waals surface area contributed by atoms with Crippen molar-refractivity contribution >= 4 is 120 Å². The van der Waals surface area contributed by atoms with Gasteiger partial charge in [-0.2, -0.15) is 46.5 Å². The first-order valence-corrected chi connectivity index (χ1v) is 33.3. The molecule has 2 aromatic carbocycles. The lowest BCUT2D eigenvalue weighted by Gasteiger charge is -2.16. The number of urea groups is 2. The fourth-order valence-corrected chi connectivity index (χ4v) is 12.0. The highest BCUT2D eigenvalue weighted by Gasteiger charge is 2.40. The van der Waals surface area contributed by atoms with Crippen molar-refractivity contribution < 1.29 is 106 Å². The summed E-state index contributed by atoms with van der Waals surface area (Å²) in [5.74, 6) is -2.94. The minimum Gasteiger partial charge on any atom is -0.481 e. The number of alkyl halides is 3. The maximum absolute atomic E-state index is 12.7. The number of benzene rings is 2. The van der Waals surface area contributed by atoms with E-state index in [1.54, 1.807) is 34.6 Å². The van der Waals surface area contributed by atoms with Gasteiger partial charge in [-0.15, -0.1) is 0 Å². The molecule has 6 amide bonds. The molecule has 1 aliphatic carbocycles. The van der Waals surface area contributed by atoms with Crippen LogP contribution in [0.1, 0.15) is 62.9 Å². The number of amides is 6. The number of anilines is 3. The summed E-state index contributed by atoms with van der Waals surface area (Å²) in [5, 5.41) is 13.7. The maximum Gasteiger partial charge on any atom is 0.389 e. The second kappa shape index (κ2) is 33.7. The van der Waals surface area contributed by atoms with Gasteiger partial charge in [-0.1, -0.05) is 48.3 Å². The van der Waals surface area contributed by atoms with Gasteiger partial charge >= 0.3 is 43.8 Å². The number of esters is 1. The van der Waals surface area contributed by atoms with E-state index in [4.69, 9.17) is 57.0 Å². The topological polar surface area (TPSA) is 460 Å². The number of ether oxygens (including phenoxy) is 4. The molecule has 5 aromatic rings. The fourth-order valence-electron chi connectivity index (χ4n) is 7.55. The van der Waals surface area contributed by atoms with Crippen LogP contribution in [-0.4, -0.2) is 159 Å². The zero-order valence-electron chi connectivity index (χ0n) is 49.0. The van der Waals surface area contributed by atoms with Crippen LogP contribution in [0, 0.1) is 6.92 Å². The van der Waals surface area contributed by atoms with E-state index in [-0.39, 0.29) is 70.3 Å². The lowest BCUT2D eigenvalue weighted by molar-refractivity contribution is -0.138. The number of nitrogens with one attached hydrogen (secondary N) is 5. The number of pyridine rings is 1. The van der Waals surface area contributed by atoms with Gasteiger partial charge in [-0.25, -0.2) is 50.5 Å². The van der Waals surface area contributed by atoms with E-state index in [1.165, 1.54) is 76.5 Å². The number of rotatable bonds is 21. The van der Waals surface area contributed by atoms with Crippen LogP contribution >= 0.6 is 30.8 Å². The van der Waals surface area contributed by atoms with E-state index in [0.29, 0.717) is 40.3 Å². The second-order valence-electron chi connectivity index (χ2n) is 18.2. The van der Waals surface area contributed by atoms with Gasteiger partial charge in [0.15, 0.2) is 14.9 Å². The number of aliphatic carboxylic acids is 1. The first-order chi connectivity index (χ1) is 43.0. The fraction of sp³-hybridized carbons (Fsp3) is 0.333. The van der Waals surface area contributed by atoms with Crippen molar-refractivity contribution in [2.45, 2.75) is 80.3 Å². The minimum atomic E-state index is -4.61. The molecule has 92 heavy (non-hydrogen) atoms. The Hall–Kier alpha value is -8.49. The Labute approximate surface area is 532 Å². The summed E-state index contributed by atoms with van der Waals surface area (Å²) < 4.78 is 144. The highest BCUT2D eigenvalue weighted by atomic mass is 35.5. The number of imide groups is 1. The summed E-state index contributed by atoms with van der Waals surface area (Å²) in [6.45, 7) is 4.29. The zero-order chi connectivity index (χ0) is 68.9. The van der Waals surface area contributed by atoms with E-state index >= 15 is 0 Å². The monoisotopic (exact) mass is 1410 g/mol. The third-order valence-electron chi connectivity index (χ3n) is 11.5. The van der Waals surface area contributed by atoms with Crippen molar-refractivity contribution in [2.24, 2.45) is 0 Å². The van der Waals surface area contributed by atoms with Gasteiger partial charge < -0.3 is 33.8 Å². The third kappa shape index (κ3) is 23.3. The van der Waals surface area contributed by atoms with Crippen LogP contribution in [0.5, 0.6) is 17.8 Å². The van der Waals surface area contributed by atoms with Crippen LogP contribution in [0.3, 0.4) is 0 Å². The van der Waals surface area contributed by atoms with Crippen molar-refractivity contribution in [3.63, 3.8) is 0 Å². The average Bonchev–Trinajstić information content (AvgIpc) is 1.55. The number of aromatic nitrogens is 6. The van der Waals surface area contributed by atoms with Crippen LogP contribution < -0.4 is 44.5 Å². The van der Waals surface area contributed by atoms with Crippen LogP contribution in [0.4, 0.5) is 40.3 Å². The normalized spacial score (nSPS) is 13.3. The largest absolute Gasteiger partial charge is 0.481 e. The molecule has 8 N–H and O–H groups in total. The molecule has 0 saturated heterocycles. The molecule has 0 spiro atoms. The highest BCUT2D eigenvalue weighted by Crippen LogP contribution is 2.37. The first-order valence-electron chi connectivity index (χ1n) is 26.1. The Morgan fingerprint density at radius 3 is 1.87 bits per heavy atom. The summed E-state index contributed by atoms with van der Waals surface area (Å²) in [7, 11) is -13.1. The number of carboxylic acids is 1. The molecule has 0 saturated carbocycles. The number of methoxy groups -OCH3 is 3. The van der Waals surface area contributed by atoms with E-state index in [9.17, 15) is 71.8 Å². The van der Waals surface area contributed by atoms with Crippen molar-refractivity contribution in [3.05, 3.63) is 105 Å².